The highest BCUT2D eigenvalue weighted by atomic mass is 16.1. The van der Waals surface area contributed by atoms with Crippen LogP contribution in [0.4, 0.5) is 5.95 Å². The van der Waals surface area contributed by atoms with Gasteiger partial charge in [-0.3, -0.25) is 4.79 Å². The van der Waals surface area contributed by atoms with E-state index in [1.54, 1.807) is 6.07 Å². The molecule has 1 aliphatic rings. The van der Waals surface area contributed by atoms with Gasteiger partial charge in [-0.15, -0.1) is 0 Å². The summed E-state index contributed by atoms with van der Waals surface area (Å²) in [5, 5.41) is 3.08. The van der Waals surface area contributed by atoms with Crippen LogP contribution in [0.15, 0.2) is 6.07 Å². The van der Waals surface area contributed by atoms with E-state index in [0.717, 1.165) is 31.6 Å². The topological polar surface area (TPSA) is 58.1 Å². The molecule has 0 aliphatic heterocycles. The summed E-state index contributed by atoms with van der Waals surface area (Å²) >= 11 is 0. The molecule has 5 nitrogen and oxygen atoms in total. The third-order valence-corrected chi connectivity index (χ3v) is 3.81. The second-order valence-corrected chi connectivity index (χ2v) is 5.32. The largest absolute Gasteiger partial charge is 0.348 e. The minimum atomic E-state index is -0.0733. The third-order valence-electron chi connectivity index (χ3n) is 3.81. The number of nitrogens with one attached hydrogen (secondary N) is 1. The lowest BCUT2D eigenvalue weighted by Crippen LogP contribution is -2.34. The van der Waals surface area contributed by atoms with Crippen LogP contribution in [-0.2, 0) is 0 Å². The summed E-state index contributed by atoms with van der Waals surface area (Å²) in [7, 11) is 0. The SMILES string of the molecule is CCN(CC)c1nc(C)cc(C(=O)NC2CCCC2)n1. The van der Waals surface area contributed by atoms with Gasteiger partial charge in [0.15, 0.2) is 0 Å². The highest BCUT2D eigenvalue weighted by Gasteiger charge is 2.20. The van der Waals surface area contributed by atoms with E-state index < -0.39 is 0 Å². The average molecular weight is 276 g/mol. The van der Waals surface area contributed by atoms with Crippen molar-refractivity contribution in [2.75, 3.05) is 18.0 Å². The van der Waals surface area contributed by atoms with E-state index in [1.165, 1.54) is 12.8 Å². The normalized spacial score (nSPS) is 15.3. The van der Waals surface area contributed by atoms with Gasteiger partial charge in [0.2, 0.25) is 5.95 Å². The molecule has 0 aromatic carbocycles. The summed E-state index contributed by atoms with van der Waals surface area (Å²) in [6.45, 7) is 7.70. The van der Waals surface area contributed by atoms with Crippen LogP contribution in [0.3, 0.4) is 0 Å². The second kappa shape index (κ2) is 6.68. The summed E-state index contributed by atoms with van der Waals surface area (Å²) in [5.74, 6) is 0.572. The Bertz CT molecular complexity index is 465. The molecule has 1 saturated carbocycles. The molecular formula is C15H24N4O. The fraction of sp³-hybridized carbons (Fsp3) is 0.667. The Morgan fingerprint density at radius 2 is 1.95 bits per heavy atom. The first kappa shape index (κ1) is 14.8. The fourth-order valence-corrected chi connectivity index (χ4v) is 2.65. The zero-order valence-electron chi connectivity index (χ0n) is 12.6. The van der Waals surface area contributed by atoms with Gasteiger partial charge in [0, 0.05) is 24.8 Å². The molecule has 1 heterocycles. The van der Waals surface area contributed by atoms with Crippen LogP contribution in [0.5, 0.6) is 0 Å². The molecule has 1 aromatic rings. The number of nitrogens with zero attached hydrogens (tertiary/aromatic N) is 3. The van der Waals surface area contributed by atoms with Crippen LogP contribution in [0.25, 0.3) is 0 Å². The lowest BCUT2D eigenvalue weighted by molar-refractivity contribution is 0.0932. The summed E-state index contributed by atoms with van der Waals surface area (Å²) < 4.78 is 0. The molecule has 0 saturated heterocycles. The lowest BCUT2D eigenvalue weighted by Gasteiger charge is -2.19. The molecule has 0 bridgehead atoms. The van der Waals surface area contributed by atoms with Crippen molar-refractivity contribution in [2.24, 2.45) is 0 Å². The molecule has 20 heavy (non-hydrogen) atoms. The minimum Gasteiger partial charge on any atom is -0.348 e. The second-order valence-electron chi connectivity index (χ2n) is 5.32. The van der Waals surface area contributed by atoms with Crippen LogP contribution in [0.1, 0.15) is 55.7 Å². The number of rotatable bonds is 5. The van der Waals surface area contributed by atoms with Gasteiger partial charge in [0.05, 0.1) is 0 Å². The Balaban J connectivity index is 2.15. The van der Waals surface area contributed by atoms with Crippen LogP contribution >= 0.6 is 0 Å². The highest BCUT2D eigenvalue weighted by Crippen LogP contribution is 2.18. The fourth-order valence-electron chi connectivity index (χ4n) is 2.65. The van der Waals surface area contributed by atoms with Crippen molar-refractivity contribution < 1.29 is 4.79 Å². The molecule has 110 valence electrons. The summed E-state index contributed by atoms with van der Waals surface area (Å²) in [6.07, 6.45) is 4.58. The van der Waals surface area contributed by atoms with E-state index in [1.807, 2.05) is 6.92 Å². The third kappa shape index (κ3) is 3.46. The van der Waals surface area contributed by atoms with Crippen molar-refractivity contribution in [2.45, 2.75) is 52.5 Å². The predicted octanol–water partition coefficient (Wildman–Crippen LogP) is 2.30. The Morgan fingerprint density at radius 3 is 2.55 bits per heavy atom. The first-order chi connectivity index (χ1) is 9.63. The smallest absolute Gasteiger partial charge is 0.270 e. The van der Waals surface area contributed by atoms with Crippen molar-refractivity contribution in [1.82, 2.24) is 15.3 Å². The zero-order chi connectivity index (χ0) is 14.5. The van der Waals surface area contributed by atoms with Gasteiger partial charge in [-0.1, -0.05) is 12.8 Å². The average Bonchev–Trinajstić information content (AvgIpc) is 2.92. The minimum absolute atomic E-state index is 0.0733. The first-order valence-corrected chi connectivity index (χ1v) is 7.55. The predicted molar refractivity (Wildman–Crippen MR) is 80.1 cm³/mol. The van der Waals surface area contributed by atoms with Gasteiger partial charge >= 0.3 is 0 Å². The van der Waals surface area contributed by atoms with Crippen molar-refractivity contribution in [1.29, 1.82) is 0 Å². The van der Waals surface area contributed by atoms with Crippen LogP contribution < -0.4 is 10.2 Å². The molecule has 1 fully saturated rings. The molecular weight excluding hydrogens is 252 g/mol. The van der Waals surface area contributed by atoms with E-state index in [0.29, 0.717) is 17.7 Å². The van der Waals surface area contributed by atoms with Crippen molar-refractivity contribution in [3.63, 3.8) is 0 Å². The number of hydrogen-bond donors (Lipinski definition) is 1. The number of aromatic nitrogens is 2. The molecule has 1 N–H and O–H groups in total. The molecule has 2 rings (SSSR count). The Hall–Kier alpha value is -1.65. The number of anilines is 1. The molecule has 1 amide bonds. The van der Waals surface area contributed by atoms with Gasteiger partial charge in [-0.05, 0) is 39.7 Å². The standard InChI is InChI=1S/C15H24N4O/c1-4-19(5-2)15-16-11(3)10-13(18-15)14(20)17-12-8-6-7-9-12/h10,12H,4-9H2,1-3H3,(H,17,20). The highest BCUT2D eigenvalue weighted by molar-refractivity contribution is 5.92. The number of carbonyl (C=O) groups excluding carboxylic acids is 1. The number of carbonyl (C=O) groups is 1. The van der Waals surface area contributed by atoms with Gasteiger partial charge in [0.1, 0.15) is 5.69 Å². The Morgan fingerprint density at radius 1 is 1.30 bits per heavy atom. The maximum Gasteiger partial charge on any atom is 0.270 e. The zero-order valence-corrected chi connectivity index (χ0v) is 12.6. The van der Waals surface area contributed by atoms with Gasteiger partial charge in [-0.25, -0.2) is 9.97 Å². The van der Waals surface area contributed by atoms with E-state index in [-0.39, 0.29) is 5.91 Å². The molecule has 0 atom stereocenters. The van der Waals surface area contributed by atoms with Crippen molar-refractivity contribution >= 4 is 11.9 Å². The number of aryl methyl sites for hydroxylation is 1. The van der Waals surface area contributed by atoms with Crippen LogP contribution in [0.2, 0.25) is 0 Å². The van der Waals surface area contributed by atoms with E-state index in [9.17, 15) is 4.79 Å². The molecule has 1 aromatic heterocycles. The van der Waals surface area contributed by atoms with E-state index in [4.69, 9.17) is 0 Å². The quantitative estimate of drug-likeness (QED) is 0.896. The summed E-state index contributed by atoms with van der Waals surface area (Å²) in [4.78, 5) is 23.2. The van der Waals surface area contributed by atoms with E-state index in [2.05, 4.69) is 34.0 Å². The Labute approximate surface area is 120 Å². The number of hydrogen-bond acceptors (Lipinski definition) is 4. The summed E-state index contributed by atoms with van der Waals surface area (Å²) in [6, 6.07) is 2.08. The first-order valence-electron chi connectivity index (χ1n) is 7.55. The van der Waals surface area contributed by atoms with Crippen LogP contribution in [-0.4, -0.2) is 35.0 Å². The molecule has 0 unspecified atom stereocenters. The van der Waals surface area contributed by atoms with Crippen molar-refractivity contribution in [3.05, 3.63) is 17.5 Å². The molecule has 1 aliphatic carbocycles. The molecule has 5 heteroatoms. The lowest BCUT2D eigenvalue weighted by atomic mass is 10.2. The maximum atomic E-state index is 12.3. The van der Waals surface area contributed by atoms with Gasteiger partial charge in [-0.2, -0.15) is 0 Å². The monoisotopic (exact) mass is 276 g/mol. The Kier molecular flexibility index (Phi) is 4.93. The van der Waals surface area contributed by atoms with Gasteiger partial charge < -0.3 is 10.2 Å². The molecule has 0 spiro atoms. The molecule has 0 radical (unpaired) electrons. The van der Waals surface area contributed by atoms with Gasteiger partial charge in [0.25, 0.3) is 5.91 Å². The maximum absolute atomic E-state index is 12.3. The van der Waals surface area contributed by atoms with Crippen LogP contribution in [0, 0.1) is 6.92 Å². The number of amides is 1. The van der Waals surface area contributed by atoms with Crippen molar-refractivity contribution in [3.8, 4) is 0 Å². The van der Waals surface area contributed by atoms with E-state index >= 15 is 0 Å². The summed E-state index contributed by atoms with van der Waals surface area (Å²) in [5.41, 5.74) is 1.31.